The van der Waals surface area contributed by atoms with Crippen LogP contribution in [-0.4, -0.2) is 121 Å². The molecule has 20 nitrogen and oxygen atoms in total. The van der Waals surface area contributed by atoms with E-state index in [1.165, 1.54) is 27.3 Å². The van der Waals surface area contributed by atoms with Crippen LogP contribution in [0.1, 0.15) is 36.2 Å². The van der Waals surface area contributed by atoms with Crippen molar-refractivity contribution in [3.05, 3.63) is 65.2 Å². The topological polar surface area (TPSA) is 265 Å². The Balaban J connectivity index is 1.16. The maximum absolute atomic E-state index is 15.4. The van der Waals surface area contributed by atoms with Gasteiger partial charge in [0.15, 0.2) is 40.5 Å². The van der Waals surface area contributed by atoms with Gasteiger partial charge in [-0.1, -0.05) is 25.1 Å². The number of amides is 2. The number of halogens is 2. The number of alkyl halides is 2. The smallest absolute Gasteiger partial charge is 0.321 e. The van der Waals surface area contributed by atoms with Crippen LogP contribution in [0.2, 0.25) is 0 Å². The Morgan fingerprint density at radius 2 is 1.82 bits per heavy atom. The summed E-state index contributed by atoms with van der Waals surface area (Å²) in [6.45, 7) is -4.10. The number of anilines is 2. The van der Waals surface area contributed by atoms with Gasteiger partial charge in [-0.15, -0.1) is 0 Å². The van der Waals surface area contributed by atoms with E-state index in [2.05, 4.69) is 47.0 Å². The molecule has 1 unspecified atom stereocenters. The first-order valence-corrected chi connectivity index (χ1v) is 19.3. The van der Waals surface area contributed by atoms with E-state index in [-0.39, 0.29) is 52.6 Å². The van der Waals surface area contributed by atoms with E-state index >= 15 is 4.39 Å². The van der Waals surface area contributed by atoms with Crippen LogP contribution in [0.5, 0.6) is 0 Å². The first-order valence-electron chi connectivity index (χ1n) is 16.6. The molecule has 2 amide bonds. The summed E-state index contributed by atoms with van der Waals surface area (Å²) in [5, 5.41) is 22.4. The fourth-order valence-electron chi connectivity index (χ4n) is 6.28. The van der Waals surface area contributed by atoms with Crippen molar-refractivity contribution < 1.29 is 52.4 Å². The molecule has 24 heteroatoms. The lowest BCUT2D eigenvalue weighted by Gasteiger charge is -2.25. The molecule has 6 N–H and O–H groups in total. The first kappa shape index (κ1) is 38.6. The van der Waals surface area contributed by atoms with Crippen LogP contribution in [0.15, 0.2) is 54.1 Å². The number of carbonyl (C=O) groups is 2. The van der Waals surface area contributed by atoms with E-state index in [0.29, 0.717) is 0 Å². The molecule has 2 aliphatic heterocycles. The van der Waals surface area contributed by atoms with E-state index in [9.17, 15) is 38.8 Å². The average Bonchev–Trinajstić information content (AvgIpc) is 3.94. The Morgan fingerprint density at radius 1 is 1.09 bits per heavy atom. The van der Waals surface area contributed by atoms with Gasteiger partial charge in [0, 0.05) is 18.5 Å². The van der Waals surface area contributed by atoms with E-state index in [4.69, 9.17) is 14.0 Å². The first-order chi connectivity index (χ1) is 26.2. The van der Waals surface area contributed by atoms with Crippen molar-refractivity contribution in [2.24, 2.45) is 5.92 Å². The molecule has 8 atom stereocenters. The summed E-state index contributed by atoms with van der Waals surface area (Å²) in [6, 6.07) is 8.08. The highest BCUT2D eigenvalue weighted by atomic mass is 32.5. The SMILES string of the molecule is CC(CN(C(=O)c1ccccc1)c1ncnc2c1ncn2[C@@H]1O[C@H](COP(O)(O)=S)[C@@H](O)[C@H]1F)C(=O)Nc1nc2c(ncn2[C@H]2C[C@H](F)[C@@H](CO)O2)c(=O)[nH]1. The van der Waals surface area contributed by atoms with Gasteiger partial charge in [-0.05, 0) is 23.9 Å². The molecule has 2 saturated heterocycles. The summed E-state index contributed by atoms with van der Waals surface area (Å²) in [5.41, 5.74) is -0.590. The maximum Gasteiger partial charge on any atom is 0.321 e. The predicted molar refractivity (Wildman–Crippen MR) is 189 cm³/mol. The number of nitrogens with zero attached hydrogens (tertiary/aromatic N) is 8. The lowest BCUT2D eigenvalue weighted by molar-refractivity contribution is -0.119. The quantitative estimate of drug-likeness (QED) is 0.0944. The van der Waals surface area contributed by atoms with Gasteiger partial charge in [0.1, 0.15) is 37.0 Å². The van der Waals surface area contributed by atoms with Crippen molar-refractivity contribution in [2.45, 2.75) is 56.5 Å². The number of carbonyl (C=O) groups excluding carboxylic acids is 2. The van der Waals surface area contributed by atoms with Crippen molar-refractivity contribution in [1.29, 1.82) is 0 Å². The zero-order valence-corrected chi connectivity index (χ0v) is 30.2. The number of aromatic nitrogens is 8. The van der Waals surface area contributed by atoms with Crippen LogP contribution in [0.4, 0.5) is 20.5 Å². The number of benzene rings is 1. The summed E-state index contributed by atoms with van der Waals surface area (Å²) in [5.74, 6) is -2.62. The molecule has 0 aliphatic carbocycles. The van der Waals surface area contributed by atoms with E-state index < -0.39 is 86.3 Å². The van der Waals surface area contributed by atoms with Crippen molar-refractivity contribution in [1.82, 2.24) is 39.0 Å². The van der Waals surface area contributed by atoms with Gasteiger partial charge in [-0.3, -0.25) is 38.7 Å². The highest BCUT2D eigenvalue weighted by Crippen LogP contribution is 2.40. The molecule has 2 fully saturated rings. The molecule has 2 aliphatic rings. The fraction of sp³-hybridized carbons (Fsp3) is 0.419. The van der Waals surface area contributed by atoms with Crippen molar-refractivity contribution in [3.8, 4) is 0 Å². The normalized spacial score (nSPS) is 24.7. The Bertz CT molecular complexity index is 2330. The molecule has 0 spiro atoms. The Hall–Kier alpha value is -4.71. The molecular weight excluding hydrogens is 773 g/mol. The van der Waals surface area contributed by atoms with Gasteiger partial charge in [0.2, 0.25) is 11.9 Å². The standard InChI is InChI=1S/C31H33F2N10O10PS/c1-14(27(46)39-31-38-26-22(28(47)40-31)37-12-42(26)19-7-16(32)17(9-44)52-19)8-41(29(48)15-5-3-2-4-6-15)24-21-25(35-11-34-24)43(13-36-21)30-20(33)23(45)18(53-30)10-51-54(49,50)55/h2-6,11-14,16-20,23,30,44-45H,7-10H2,1H3,(H2,49,50,55)(H2,38,39,40,46,47)/t14?,16-,17+,18+,19+,20+,23+,30+/m0/s1. The van der Waals surface area contributed by atoms with Crippen molar-refractivity contribution in [3.63, 3.8) is 0 Å². The second-order valence-electron chi connectivity index (χ2n) is 12.8. The minimum atomic E-state index is -4.13. The largest absolute Gasteiger partial charge is 0.394 e. The number of imidazole rings is 2. The zero-order chi connectivity index (χ0) is 39.2. The number of aromatic amines is 1. The van der Waals surface area contributed by atoms with Gasteiger partial charge < -0.3 is 34.0 Å². The predicted octanol–water partition coefficient (Wildman–Crippen LogP) is 0.621. The van der Waals surface area contributed by atoms with Gasteiger partial charge in [0.25, 0.3) is 11.5 Å². The molecule has 0 bridgehead atoms. The maximum atomic E-state index is 15.4. The molecule has 7 rings (SSSR count). The van der Waals surface area contributed by atoms with Crippen molar-refractivity contribution in [2.75, 3.05) is 30.0 Å². The van der Waals surface area contributed by atoms with E-state index in [0.717, 1.165) is 12.7 Å². The lowest BCUT2D eigenvalue weighted by atomic mass is 10.1. The molecule has 0 radical (unpaired) electrons. The van der Waals surface area contributed by atoms with Crippen LogP contribution < -0.4 is 15.8 Å². The molecule has 6 heterocycles. The average molecular weight is 807 g/mol. The second-order valence-corrected chi connectivity index (χ2v) is 15.4. The van der Waals surface area contributed by atoms with Gasteiger partial charge in [-0.2, -0.15) is 4.98 Å². The monoisotopic (exact) mass is 806 g/mol. The van der Waals surface area contributed by atoms with Crippen molar-refractivity contribution >= 4 is 64.4 Å². The Morgan fingerprint density at radius 3 is 2.53 bits per heavy atom. The number of rotatable bonds is 12. The minimum absolute atomic E-state index is 0.00314. The Kier molecular flexibility index (Phi) is 10.8. The number of aliphatic hydroxyl groups excluding tert-OH is 2. The molecule has 5 aromatic rings. The van der Waals surface area contributed by atoms with Crippen LogP contribution >= 0.6 is 6.72 Å². The summed E-state index contributed by atoms with van der Waals surface area (Å²) < 4.78 is 48.2. The van der Waals surface area contributed by atoms with Crippen LogP contribution in [0.3, 0.4) is 0 Å². The third-order valence-corrected chi connectivity index (χ3v) is 9.87. The molecule has 0 saturated carbocycles. The molecule has 292 valence electrons. The van der Waals surface area contributed by atoms with Crippen LogP contribution in [-0.2, 0) is 30.6 Å². The second kappa shape index (κ2) is 15.4. The van der Waals surface area contributed by atoms with E-state index in [1.807, 2.05) is 0 Å². The molecular formula is C31H33F2N10O10PS. The molecule has 55 heavy (non-hydrogen) atoms. The van der Waals surface area contributed by atoms with E-state index in [1.54, 1.807) is 30.3 Å². The lowest BCUT2D eigenvalue weighted by Crippen LogP contribution is -2.39. The van der Waals surface area contributed by atoms with Crippen LogP contribution in [0.25, 0.3) is 22.3 Å². The zero-order valence-electron chi connectivity index (χ0n) is 28.5. The number of hydrogen-bond acceptors (Lipinski definition) is 14. The number of ether oxygens (including phenoxy) is 2. The molecule has 1 aromatic carbocycles. The van der Waals surface area contributed by atoms with Crippen LogP contribution in [0, 0.1) is 5.92 Å². The Labute approximate surface area is 313 Å². The van der Waals surface area contributed by atoms with Gasteiger partial charge >= 0.3 is 6.72 Å². The summed E-state index contributed by atoms with van der Waals surface area (Å²) in [7, 11) is 0. The van der Waals surface area contributed by atoms with Gasteiger partial charge in [-0.25, -0.2) is 28.7 Å². The van der Waals surface area contributed by atoms with Gasteiger partial charge in [0.05, 0.1) is 31.8 Å². The fourth-order valence-corrected chi connectivity index (χ4v) is 6.80. The molecule has 4 aromatic heterocycles. The number of aliphatic hydroxyl groups is 2. The summed E-state index contributed by atoms with van der Waals surface area (Å²) >= 11 is 4.42. The third kappa shape index (κ3) is 7.75. The summed E-state index contributed by atoms with van der Waals surface area (Å²) in [6.07, 6.45) is -6.72. The highest BCUT2D eigenvalue weighted by molar-refractivity contribution is 8.06. The minimum Gasteiger partial charge on any atom is -0.394 e. The number of H-pyrrole nitrogens is 1. The highest BCUT2D eigenvalue weighted by Gasteiger charge is 2.46. The third-order valence-electron chi connectivity index (χ3n) is 9.07. The number of fused-ring (bicyclic) bond motifs is 2. The number of hydrogen-bond donors (Lipinski definition) is 6. The summed E-state index contributed by atoms with van der Waals surface area (Å²) in [4.78, 5) is 84.2. The number of nitrogens with one attached hydrogen (secondary N) is 2.